The molecule has 0 saturated carbocycles. The minimum atomic E-state index is -1.11. The average Bonchev–Trinajstić information content (AvgIpc) is 2.87. The number of carbonyl (C=O) groups is 2. The van der Waals surface area contributed by atoms with Gasteiger partial charge in [0.05, 0.1) is 13.2 Å². The lowest BCUT2D eigenvalue weighted by Crippen LogP contribution is -2.39. The number of para-hydroxylation sites is 1. The molecule has 1 aliphatic rings. The zero-order valence-electron chi connectivity index (χ0n) is 11.6. The number of likely N-dealkylation sites (tertiary alicyclic amines) is 1. The van der Waals surface area contributed by atoms with E-state index in [4.69, 9.17) is 9.84 Å². The number of β-amino-alcohol motifs (C(OH)–C–C–N with tert-alkyl or cyclic N) is 1. The summed E-state index contributed by atoms with van der Waals surface area (Å²) in [6, 6.07) is 6.21. The van der Waals surface area contributed by atoms with Crippen LogP contribution < -0.4 is 4.74 Å². The second-order valence-electron chi connectivity index (χ2n) is 4.81. The molecule has 6 nitrogen and oxygen atoms in total. The molecular weight excluding hydrogens is 274 g/mol. The maximum atomic E-state index is 12.1. The fourth-order valence-corrected chi connectivity index (χ4v) is 2.35. The van der Waals surface area contributed by atoms with Gasteiger partial charge in [0, 0.05) is 24.6 Å². The number of ether oxygens (including phenoxy) is 1. The average molecular weight is 291 g/mol. The quantitative estimate of drug-likeness (QED) is 0.800. The minimum absolute atomic E-state index is 0.0338. The van der Waals surface area contributed by atoms with Crippen LogP contribution in [0.5, 0.6) is 5.75 Å². The summed E-state index contributed by atoms with van der Waals surface area (Å²) in [5.74, 6) is -0.923. The number of carboxylic acid groups (broad SMARTS) is 1. The van der Waals surface area contributed by atoms with Gasteiger partial charge in [-0.2, -0.15) is 0 Å². The lowest BCUT2D eigenvalue weighted by molar-refractivity contribution is -0.146. The van der Waals surface area contributed by atoms with Crippen molar-refractivity contribution in [2.75, 3.05) is 13.7 Å². The first-order valence-electron chi connectivity index (χ1n) is 6.55. The molecule has 0 spiro atoms. The zero-order valence-corrected chi connectivity index (χ0v) is 11.6. The van der Waals surface area contributed by atoms with Crippen molar-refractivity contribution in [1.82, 2.24) is 4.90 Å². The van der Waals surface area contributed by atoms with E-state index in [1.165, 1.54) is 18.1 Å². The molecular formula is C15H17NO5. The third-order valence-corrected chi connectivity index (χ3v) is 3.39. The fraction of sp³-hybridized carbons (Fsp3) is 0.333. The normalized spacial score (nSPS) is 21.7. The maximum absolute atomic E-state index is 12.1. The first-order valence-corrected chi connectivity index (χ1v) is 6.55. The van der Waals surface area contributed by atoms with Crippen LogP contribution >= 0.6 is 0 Å². The van der Waals surface area contributed by atoms with Crippen LogP contribution in [-0.2, 0) is 9.59 Å². The number of hydrogen-bond donors (Lipinski definition) is 2. The minimum Gasteiger partial charge on any atom is -0.496 e. The molecule has 1 saturated heterocycles. The standard InChI is InChI=1S/C15H17NO5/c1-21-13-5-3-2-4-10(13)6-7-14(18)16-9-11(17)8-12(16)15(19)20/h2-7,11-12,17H,8-9H2,1H3,(H,19,20)/b7-6+. The monoisotopic (exact) mass is 291 g/mol. The molecule has 1 heterocycles. The van der Waals surface area contributed by atoms with E-state index in [0.29, 0.717) is 5.75 Å². The molecule has 2 unspecified atom stereocenters. The number of amides is 1. The molecule has 0 aliphatic carbocycles. The number of aliphatic carboxylic acids is 1. The van der Waals surface area contributed by atoms with E-state index >= 15 is 0 Å². The Kier molecular flexibility index (Phi) is 4.59. The Morgan fingerprint density at radius 1 is 1.38 bits per heavy atom. The highest BCUT2D eigenvalue weighted by Crippen LogP contribution is 2.21. The van der Waals surface area contributed by atoms with E-state index in [9.17, 15) is 14.7 Å². The molecule has 1 amide bonds. The Hall–Kier alpha value is -2.34. The number of carbonyl (C=O) groups excluding carboxylic acids is 1. The number of aliphatic hydroxyl groups is 1. The Balaban J connectivity index is 2.13. The molecule has 0 bridgehead atoms. The SMILES string of the molecule is COc1ccccc1/C=C/C(=O)N1CC(O)CC1C(=O)O. The van der Waals surface area contributed by atoms with Crippen molar-refractivity contribution in [3.63, 3.8) is 0 Å². The van der Waals surface area contributed by atoms with Crippen molar-refractivity contribution in [2.24, 2.45) is 0 Å². The molecule has 2 atom stereocenters. The molecule has 1 aromatic carbocycles. The predicted octanol–water partition coefficient (Wildman–Crippen LogP) is 0.755. The summed E-state index contributed by atoms with van der Waals surface area (Å²) >= 11 is 0. The van der Waals surface area contributed by atoms with Crippen molar-refractivity contribution in [3.8, 4) is 5.75 Å². The van der Waals surface area contributed by atoms with Crippen LogP contribution in [0.4, 0.5) is 0 Å². The van der Waals surface area contributed by atoms with Gasteiger partial charge in [-0.1, -0.05) is 18.2 Å². The van der Waals surface area contributed by atoms with Gasteiger partial charge in [0.25, 0.3) is 0 Å². The Morgan fingerprint density at radius 3 is 2.76 bits per heavy atom. The lowest BCUT2D eigenvalue weighted by atomic mass is 10.2. The molecule has 1 aromatic rings. The summed E-state index contributed by atoms with van der Waals surface area (Å²) < 4.78 is 5.17. The molecule has 0 aromatic heterocycles. The van der Waals surface area contributed by atoms with Crippen LogP contribution in [0, 0.1) is 0 Å². The van der Waals surface area contributed by atoms with Gasteiger partial charge in [0.2, 0.25) is 5.91 Å². The fourth-order valence-electron chi connectivity index (χ4n) is 2.35. The second kappa shape index (κ2) is 6.41. The van der Waals surface area contributed by atoms with Gasteiger partial charge < -0.3 is 19.8 Å². The van der Waals surface area contributed by atoms with E-state index < -0.39 is 24.0 Å². The van der Waals surface area contributed by atoms with Crippen molar-refractivity contribution in [2.45, 2.75) is 18.6 Å². The Morgan fingerprint density at radius 2 is 2.10 bits per heavy atom. The number of aliphatic hydroxyl groups excluding tert-OH is 1. The summed E-state index contributed by atoms with van der Waals surface area (Å²) in [6.07, 6.45) is 2.13. The summed E-state index contributed by atoms with van der Waals surface area (Å²) in [4.78, 5) is 24.4. The maximum Gasteiger partial charge on any atom is 0.326 e. The second-order valence-corrected chi connectivity index (χ2v) is 4.81. The third kappa shape index (κ3) is 3.41. The Labute approximate surface area is 122 Å². The molecule has 21 heavy (non-hydrogen) atoms. The number of rotatable bonds is 4. The van der Waals surface area contributed by atoms with Crippen LogP contribution in [0.1, 0.15) is 12.0 Å². The van der Waals surface area contributed by atoms with Gasteiger partial charge >= 0.3 is 5.97 Å². The van der Waals surface area contributed by atoms with Gasteiger partial charge in [-0.3, -0.25) is 4.79 Å². The Bertz CT molecular complexity index is 569. The highest BCUT2D eigenvalue weighted by molar-refractivity contribution is 5.95. The summed E-state index contributed by atoms with van der Waals surface area (Å²) in [5.41, 5.74) is 0.722. The highest BCUT2D eigenvalue weighted by Gasteiger charge is 2.37. The van der Waals surface area contributed by atoms with Crippen LogP contribution in [0.3, 0.4) is 0 Å². The van der Waals surface area contributed by atoms with E-state index in [0.717, 1.165) is 5.56 Å². The third-order valence-electron chi connectivity index (χ3n) is 3.39. The largest absolute Gasteiger partial charge is 0.496 e. The molecule has 2 rings (SSSR count). The number of methoxy groups -OCH3 is 1. The van der Waals surface area contributed by atoms with E-state index in [1.807, 2.05) is 12.1 Å². The molecule has 1 aliphatic heterocycles. The van der Waals surface area contributed by atoms with Gasteiger partial charge in [-0.05, 0) is 12.1 Å². The molecule has 0 radical (unpaired) electrons. The molecule has 2 N–H and O–H groups in total. The molecule has 112 valence electrons. The first-order chi connectivity index (χ1) is 10.0. The van der Waals surface area contributed by atoms with Crippen LogP contribution in [-0.4, -0.2) is 52.8 Å². The number of hydrogen-bond acceptors (Lipinski definition) is 4. The number of nitrogens with zero attached hydrogens (tertiary/aromatic N) is 1. The topological polar surface area (TPSA) is 87.1 Å². The van der Waals surface area contributed by atoms with Gasteiger partial charge in [-0.25, -0.2) is 4.79 Å². The van der Waals surface area contributed by atoms with E-state index in [2.05, 4.69) is 0 Å². The summed E-state index contributed by atoms with van der Waals surface area (Å²) in [6.45, 7) is 0.0338. The number of benzene rings is 1. The zero-order chi connectivity index (χ0) is 15.4. The summed E-state index contributed by atoms with van der Waals surface area (Å²) in [5, 5.41) is 18.6. The van der Waals surface area contributed by atoms with Crippen molar-refractivity contribution in [3.05, 3.63) is 35.9 Å². The summed E-state index contributed by atoms with van der Waals surface area (Å²) in [7, 11) is 1.53. The lowest BCUT2D eigenvalue weighted by Gasteiger charge is -2.19. The van der Waals surface area contributed by atoms with Crippen molar-refractivity contribution < 1.29 is 24.5 Å². The van der Waals surface area contributed by atoms with E-state index in [-0.39, 0.29) is 13.0 Å². The predicted molar refractivity (Wildman–Crippen MR) is 75.8 cm³/mol. The van der Waals surface area contributed by atoms with Gasteiger partial charge in [0.15, 0.2) is 0 Å². The van der Waals surface area contributed by atoms with Crippen LogP contribution in [0.15, 0.2) is 30.3 Å². The van der Waals surface area contributed by atoms with Gasteiger partial charge in [0.1, 0.15) is 11.8 Å². The van der Waals surface area contributed by atoms with Crippen molar-refractivity contribution >= 4 is 18.0 Å². The van der Waals surface area contributed by atoms with Gasteiger partial charge in [-0.15, -0.1) is 0 Å². The van der Waals surface area contributed by atoms with E-state index in [1.54, 1.807) is 18.2 Å². The van der Waals surface area contributed by atoms with Crippen LogP contribution in [0.25, 0.3) is 6.08 Å². The first kappa shape index (κ1) is 15.1. The molecule has 6 heteroatoms. The van der Waals surface area contributed by atoms with Crippen LogP contribution in [0.2, 0.25) is 0 Å². The number of carboxylic acids is 1. The smallest absolute Gasteiger partial charge is 0.326 e. The highest BCUT2D eigenvalue weighted by atomic mass is 16.5. The molecule has 1 fully saturated rings. The van der Waals surface area contributed by atoms with Crippen molar-refractivity contribution in [1.29, 1.82) is 0 Å².